The zero-order chi connectivity index (χ0) is 22.4. The number of rotatable bonds is 6. The Bertz CT molecular complexity index is 1180. The molecule has 3 aromatic rings. The van der Waals surface area contributed by atoms with Crippen molar-refractivity contribution < 1.29 is 24.5 Å². The van der Waals surface area contributed by atoms with Gasteiger partial charge < -0.3 is 14.9 Å². The van der Waals surface area contributed by atoms with E-state index in [-0.39, 0.29) is 5.75 Å². The number of benzene rings is 3. The number of aliphatic carboxylic acids is 1. The second-order valence-electron chi connectivity index (χ2n) is 6.92. The van der Waals surface area contributed by atoms with Gasteiger partial charge in [-0.15, -0.1) is 0 Å². The van der Waals surface area contributed by atoms with E-state index in [1.54, 1.807) is 61.5 Å². The van der Waals surface area contributed by atoms with Crippen LogP contribution in [0.3, 0.4) is 0 Å². The molecule has 0 radical (unpaired) electrons. The van der Waals surface area contributed by atoms with Gasteiger partial charge >= 0.3 is 12.1 Å². The molecule has 0 aliphatic rings. The maximum absolute atomic E-state index is 12.6. The number of ether oxygens (including phenoxy) is 1. The van der Waals surface area contributed by atoms with Crippen molar-refractivity contribution in [3.05, 3.63) is 83.9 Å². The van der Waals surface area contributed by atoms with E-state index in [9.17, 15) is 14.7 Å². The van der Waals surface area contributed by atoms with Gasteiger partial charge in [0.2, 0.25) is 0 Å². The number of hydrogen-bond acceptors (Lipinski definition) is 5. The third-order valence-corrected chi connectivity index (χ3v) is 4.76. The second-order valence-corrected chi connectivity index (χ2v) is 6.92. The predicted octanol–water partition coefficient (Wildman–Crippen LogP) is 4.98. The number of phenols is 1. The topological polar surface area (TPSA) is 120 Å². The summed E-state index contributed by atoms with van der Waals surface area (Å²) < 4.78 is 5.70. The zero-order valence-corrected chi connectivity index (χ0v) is 16.6. The fraction of sp³-hybridized carbons (Fsp3) is 0.125. The van der Waals surface area contributed by atoms with Gasteiger partial charge in [0.15, 0.2) is 0 Å². The zero-order valence-electron chi connectivity index (χ0n) is 16.6. The fourth-order valence-electron chi connectivity index (χ4n) is 3.23. The van der Waals surface area contributed by atoms with Gasteiger partial charge in [-0.3, -0.25) is 5.32 Å². The highest BCUT2D eigenvalue weighted by Gasteiger charge is 2.25. The Labute approximate surface area is 178 Å². The van der Waals surface area contributed by atoms with E-state index in [2.05, 4.69) is 5.32 Å². The lowest BCUT2D eigenvalue weighted by molar-refractivity contribution is -0.131. The molecule has 0 saturated carbocycles. The van der Waals surface area contributed by atoms with E-state index >= 15 is 0 Å². The monoisotopic (exact) mass is 416 g/mol. The number of carbonyl (C=O) groups is 2. The van der Waals surface area contributed by atoms with Crippen LogP contribution >= 0.6 is 0 Å². The molecule has 156 valence electrons. The summed E-state index contributed by atoms with van der Waals surface area (Å²) in [6, 6.07) is 18.6. The lowest BCUT2D eigenvalue weighted by atomic mass is 9.92. The number of fused-ring (bicyclic) bond motifs is 1. The number of nitriles is 1. The standard InChI is InChI=1S/C24H20N2O5/c1-15(6-13-22(28)29)23(20-11-12-21(27)19-5-3-2-4-18(19)20)31-24(30)26-17-9-7-16(14-25)8-10-17/h2-13,15,23,27H,1H3,(H,26,30)(H,28,29)/b13-6+/t15-,23+/m1/s1. The number of carboxylic acid groups (broad SMARTS) is 1. The Hall–Kier alpha value is -4.31. The Morgan fingerprint density at radius 2 is 1.74 bits per heavy atom. The third-order valence-electron chi connectivity index (χ3n) is 4.76. The van der Waals surface area contributed by atoms with E-state index < -0.39 is 24.1 Å². The van der Waals surface area contributed by atoms with E-state index in [0.29, 0.717) is 27.6 Å². The number of anilines is 1. The van der Waals surface area contributed by atoms with Crippen molar-refractivity contribution in [3.8, 4) is 11.8 Å². The van der Waals surface area contributed by atoms with Gasteiger partial charge in [-0.1, -0.05) is 43.3 Å². The molecular formula is C24H20N2O5. The second kappa shape index (κ2) is 9.46. The van der Waals surface area contributed by atoms with Crippen LogP contribution in [0.5, 0.6) is 5.75 Å². The molecule has 0 spiro atoms. The van der Waals surface area contributed by atoms with Crippen molar-refractivity contribution in [3.63, 3.8) is 0 Å². The third kappa shape index (κ3) is 5.19. The van der Waals surface area contributed by atoms with Crippen molar-refractivity contribution in [2.75, 3.05) is 5.32 Å². The first-order valence-corrected chi connectivity index (χ1v) is 9.48. The summed E-state index contributed by atoms with van der Waals surface area (Å²) in [6.45, 7) is 1.74. The van der Waals surface area contributed by atoms with Gasteiger partial charge in [-0.2, -0.15) is 5.26 Å². The van der Waals surface area contributed by atoms with Crippen LogP contribution in [0.4, 0.5) is 10.5 Å². The van der Waals surface area contributed by atoms with Gasteiger partial charge in [0.25, 0.3) is 0 Å². The molecule has 3 aromatic carbocycles. The maximum Gasteiger partial charge on any atom is 0.412 e. The molecule has 0 fully saturated rings. The fourth-order valence-corrected chi connectivity index (χ4v) is 3.23. The van der Waals surface area contributed by atoms with Gasteiger partial charge in [0, 0.05) is 28.6 Å². The van der Waals surface area contributed by atoms with Crippen molar-refractivity contribution >= 4 is 28.5 Å². The molecular weight excluding hydrogens is 396 g/mol. The van der Waals surface area contributed by atoms with Crippen molar-refractivity contribution in [2.24, 2.45) is 5.92 Å². The molecule has 2 atom stereocenters. The van der Waals surface area contributed by atoms with Gasteiger partial charge in [0.05, 0.1) is 11.6 Å². The molecule has 0 aromatic heterocycles. The minimum absolute atomic E-state index is 0.0915. The quantitative estimate of drug-likeness (QED) is 0.487. The summed E-state index contributed by atoms with van der Waals surface area (Å²) in [6.07, 6.45) is 0.896. The largest absolute Gasteiger partial charge is 0.507 e. The molecule has 0 unspecified atom stereocenters. The number of hydrogen-bond donors (Lipinski definition) is 3. The number of amides is 1. The molecule has 3 N–H and O–H groups in total. The lowest BCUT2D eigenvalue weighted by Gasteiger charge is -2.24. The van der Waals surface area contributed by atoms with Gasteiger partial charge in [-0.25, -0.2) is 9.59 Å². The van der Waals surface area contributed by atoms with Crippen LogP contribution in [-0.4, -0.2) is 22.3 Å². The van der Waals surface area contributed by atoms with Crippen LogP contribution in [-0.2, 0) is 9.53 Å². The molecule has 31 heavy (non-hydrogen) atoms. The number of carboxylic acids is 1. The molecule has 7 heteroatoms. The summed E-state index contributed by atoms with van der Waals surface area (Å²) in [7, 11) is 0. The molecule has 0 aliphatic carbocycles. The first kappa shape index (κ1) is 21.4. The average molecular weight is 416 g/mol. The van der Waals surface area contributed by atoms with Gasteiger partial charge in [-0.05, 0) is 35.7 Å². The van der Waals surface area contributed by atoms with Crippen LogP contribution < -0.4 is 5.32 Å². The molecule has 0 saturated heterocycles. The first-order valence-electron chi connectivity index (χ1n) is 9.48. The van der Waals surface area contributed by atoms with Crippen LogP contribution in [0, 0.1) is 17.2 Å². The normalized spacial score (nSPS) is 12.8. The number of nitrogens with one attached hydrogen (secondary N) is 1. The highest BCUT2D eigenvalue weighted by molar-refractivity contribution is 5.91. The van der Waals surface area contributed by atoms with E-state index in [0.717, 1.165) is 6.08 Å². The van der Waals surface area contributed by atoms with Crippen molar-refractivity contribution in [1.29, 1.82) is 5.26 Å². The minimum Gasteiger partial charge on any atom is -0.507 e. The Balaban J connectivity index is 1.93. The number of carbonyl (C=O) groups excluding carboxylic acids is 1. The summed E-state index contributed by atoms with van der Waals surface area (Å²) >= 11 is 0. The number of aromatic hydroxyl groups is 1. The van der Waals surface area contributed by atoms with Crippen LogP contribution in [0.15, 0.2) is 72.8 Å². The van der Waals surface area contributed by atoms with Crippen molar-refractivity contribution in [2.45, 2.75) is 13.0 Å². The smallest absolute Gasteiger partial charge is 0.412 e. The van der Waals surface area contributed by atoms with Gasteiger partial charge in [0.1, 0.15) is 11.9 Å². The summed E-state index contributed by atoms with van der Waals surface area (Å²) in [5.74, 6) is -1.49. The predicted molar refractivity (Wildman–Crippen MR) is 116 cm³/mol. The van der Waals surface area contributed by atoms with Crippen LogP contribution in [0.25, 0.3) is 10.8 Å². The summed E-state index contributed by atoms with van der Waals surface area (Å²) in [5, 5.41) is 31.9. The van der Waals surface area contributed by atoms with Crippen LogP contribution in [0.1, 0.15) is 24.2 Å². The van der Waals surface area contributed by atoms with Crippen LogP contribution in [0.2, 0.25) is 0 Å². The SMILES string of the molecule is C[C@H](/C=C/C(=O)O)[C@H](OC(=O)Nc1ccc(C#N)cc1)c1ccc(O)c2ccccc12. The molecule has 0 heterocycles. The highest BCUT2D eigenvalue weighted by atomic mass is 16.6. The summed E-state index contributed by atoms with van der Waals surface area (Å²) in [4.78, 5) is 23.6. The Morgan fingerprint density at radius 1 is 1.06 bits per heavy atom. The van der Waals surface area contributed by atoms with E-state index in [1.165, 1.54) is 12.1 Å². The Kier molecular flexibility index (Phi) is 6.53. The maximum atomic E-state index is 12.6. The first-order chi connectivity index (χ1) is 14.9. The highest BCUT2D eigenvalue weighted by Crippen LogP contribution is 2.36. The van der Waals surface area contributed by atoms with Crippen molar-refractivity contribution in [1.82, 2.24) is 0 Å². The summed E-state index contributed by atoms with van der Waals surface area (Å²) in [5.41, 5.74) is 1.54. The molecule has 1 amide bonds. The molecule has 0 bridgehead atoms. The molecule has 0 aliphatic heterocycles. The van der Waals surface area contributed by atoms with E-state index in [4.69, 9.17) is 15.1 Å². The minimum atomic E-state index is -1.11. The number of phenolic OH excluding ortho intramolecular Hbond substituents is 1. The Morgan fingerprint density at radius 3 is 2.39 bits per heavy atom. The number of nitrogens with zero attached hydrogens (tertiary/aromatic N) is 1. The molecule has 7 nitrogen and oxygen atoms in total. The molecule has 3 rings (SSSR count). The van der Waals surface area contributed by atoms with E-state index in [1.807, 2.05) is 6.07 Å². The lowest BCUT2D eigenvalue weighted by Crippen LogP contribution is -2.21. The average Bonchev–Trinajstić information content (AvgIpc) is 2.77.